The normalized spacial score (nSPS) is 20.5. The number of allylic oxidation sites excluding steroid dienone is 9. The Bertz CT molecular complexity index is 1320. The van der Waals surface area contributed by atoms with Crippen molar-refractivity contribution in [2.75, 3.05) is 13.2 Å². The predicted molar refractivity (Wildman–Crippen MR) is 273 cm³/mol. The highest BCUT2D eigenvalue weighted by molar-refractivity contribution is 5.80. The van der Waals surface area contributed by atoms with Gasteiger partial charge in [0.05, 0.1) is 25.4 Å². The van der Waals surface area contributed by atoms with Crippen molar-refractivity contribution in [1.29, 1.82) is 0 Å². The summed E-state index contributed by atoms with van der Waals surface area (Å²) in [4.78, 5) is 26.3. The number of ether oxygens (including phenoxy) is 3. The van der Waals surface area contributed by atoms with Gasteiger partial charge in [0.1, 0.15) is 24.4 Å². The van der Waals surface area contributed by atoms with Crippen molar-refractivity contribution in [3.63, 3.8) is 0 Å². The number of carbonyl (C=O) groups is 2. The number of rotatable bonds is 44. The Morgan fingerprint density at radius 1 is 0.597 bits per heavy atom. The van der Waals surface area contributed by atoms with Crippen LogP contribution in [0.15, 0.2) is 60.8 Å². The third-order valence-corrected chi connectivity index (χ3v) is 12.5. The number of amides is 1. The van der Waals surface area contributed by atoms with E-state index in [0.717, 1.165) is 64.2 Å². The summed E-state index contributed by atoms with van der Waals surface area (Å²) < 4.78 is 17.5. The molecule has 6 N–H and O–H groups in total. The van der Waals surface area contributed by atoms with Gasteiger partial charge in [0.2, 0.25) is 5.91 Å². The first-order chi connectivity index (χ1) is 32.7. The Labute approximate surface area is 408 Å². The number of unbranched alkanes of at least 4 members (excludes halogenated alkanes) is 25. The molecule has 11 nitrogen and oxygen atoms in total. The van der Waals surface area contributed by atoms with E-state index in [-0.39, 0.29) is 19.4 Å². The Balaban J connectivity index is 2.77. The molecular formula is C56H99NO10. The van der Waals surface area contributed by atoms with E-state index in [4.69, 9.17) is 14.2 Å². The lowest BCUT2D eigenvalue weighted by Crippen LogP contribution is -2.61. The molecule has 1 saturated heterocycles. The van der Waals surface area contributed by atoms with Crippen LogP contribution in [-0.2, 0) is 23.8 Å². The minimum absolute atomic E-state index is 0.120. The summed E-state index contributed by atoms with van der Waals surface area (Å²) in [6.45, 7) is 5.59. The van der Waals surface area contributed by atoms with Gasteiger partial charge in [0.25, 0.3) is 0 Å². The molecule has 67 heavy (non-hydrogen) atoms. The van der Waals surface area contributed by atoms with Gasteiger partial charge in [-0.05, 0) is 44.9 Å². The van der Waals surface area contributed by atoms with Gasteiger partial charge in [0, 0.05) is 6.42 Å². The van der Waals surface area contributed by atoms with Crippen molar-refractivity contribution < 1.29 is 49.3 Å². The van der Waals surface area contributed by atoms with Crippen LogP contribution in [0.2, 0.25) is 0 Å². The van der Waals surface area contributed by atoms with Crippen molar-refractivity contribution in [2.45, 2.75) is 269 Å². The summed E-state index contributed by atoms with van der Waals surface area (Å²) in [5, 5.41) is 56.6. The number of nitrogens with one attached hydrogen (secondary N) is 1. The Morgan fingerprint density at radius 2 is 1.07 bits per heavy atom. The summed E-state index contributed by atoms with van der Waals surface area (Å²) in [6, 6.07) is -1.04. The molecule has 1 aliphatic rings. The molecule has 1 aliphatic heterocycles. The second-order valence-corrected chi connectivity index (χ2v) is 18.7. The standard InChI is InChI=1S/C56H99NO10/c1-4-7-10-13-16-19-22-24-25-26-29-32-35-38-41-44-51(61)67-54-53(63)52(62)50(45-58)66-56(54)65-46-47(48(59)42-39-36-33-30-27-21-18-15-12-9-6-3)57-55(64)49(60)43-40-37-34-31-28-23-20-17-14-11-8-5-2/h8,11,14,17,20,23,28,31,39,42,47-50,52-54,56,58-60,62-63H,4-7,9-10,12-13,15-16,18-19,21-22,24-27,29-30,32-38,40-41,43-46H2,1-3H3,(H,57,64)/b11-8+,17-14+,23-20-,31-28-,42-39+. The third kappa shape index (κ3) is 33.5. The van der Waals surface area contributed by atoms with E-state index >= 15 is 0 Å². The van der Waals surface area contributed by atoms with Crippen LogP contribution in [0.25, 0.3) is 0 Å². The highest BCUT2D eigenvalue weighted by atomic mass is 16.7. The van der Waals surface area contributed by atoms with Crippen LogP contribution in [0.4, 0.5) is 0 Å². The van der Waals surface area contributed by atoms with Gasteiger partial charge < -0.3 is 45.1 Å². The zero-order valence-electron chi connectivity index (χ0n) is 42.5. The van der Waals surface area contributed by atoms with E-state index in [1.807, 2.05) is 48.6 Å². The molecule has 388 valence electrons. The fourth-order valence-electron chi connectivity index (χ4n) is 8.19. The fourth-order valence-corrected chi connectivity index (χ4v) is 8.19. The molecule has 0 aromatic carbocycles. The number of aliphatic hydroxyl groups is 5. The SMILES string of the molecule is CC/C=C/C=C/C=C\C=C/CCCCC(O)C(=O)NC(COC1OC(CO)C(O)C(O)C1OC(=O)CCCCCCCCCCCCCCCCC)C(O)/C=C/CCCCCCCCCCC. The Hall–Kier alpha value is -2.64. The van der Waals surface area contributed by atoms with E-state index in [1.165, 1.54) is 109 Å². The largest absolute Gasteiger partial charge is 0.454 e. The molecule has 0 aromatic heterocycles. The number of hydrogen-bond acceptors (Lipinski definition) is 10. The van der Waals surface area contributed by atoms with E-state index < -0.39 is 67.4 Å². The summed E-state index contributed by atoms with van der Waals surface area (Å²) >= 11 is 0. The molecule has 1 fully saturated rings. The van der Waals surface area contributed by atoms with Crippen LogP contribution < -0.4 is 5.32 Å². The minimum atomic E-state index is -1.62. The molecule has 0 aromatic rings. The van der Waals surface area contributed by atoms with E-state index in [2.05, 4.69) is 32.2 Å². The van der Waals surface area contributed by atoms with E-state index in [0.29, 0.717) is 12.8 Å². The first-order valence-electron chi connectivity index (χ1n) is 27.1. The predicted octanol–water partition coefficient (Wildman–Crippen LogP) is 11.5. The quantitative estimate of drug-likeness (QED) is 0.0149. The molecule has 0 radical (unpaired) electrons. The molecule has 11 heteroatoms. The monoisotopic (exact) mass is 946 g/mol. The molecule has 1 rings (SSSR count). The summed E-state index contributed by atoms with van der Waals surface area (Å²) in [6.07, 6.45) is 42.8. The van der Waals surface area contributed by atoms with Gasteiger partial charge in [-0.3, -0.25) is 9.59 Å². The number of carbonyl (C=O) groups excluding carboxylic acids is 2. The van der Waals surface area contributed by atoms with Crippen LogP contribution >= 0.6 is 0 Å². The lowest BCUT2D eigenvalue weighted by atomic mass is 9.99. The molecule has 8 atom stereocenters. The number of aliphatic hydroxyl groups excluding tert-OH is 5. The summed E-state index contributed by atoms with van der Waals surface area (Å²) in [5.41, 5.74) is 0. The summed E-state index contributed by atoms with van der Waals surface area (Å²) in [5.74, 6) is -1.24. The van der Waals surface area contributed by atoms with Crippen LogP contribution in [0.1, 0.15) is 220 Å². The molecule has 1 amide bonds. The first kappa shape index (κ1) is 62.4. The maximum absolute atomic E-state index is 13.3. The molecular weight excluding hydrogens is 847 g/mol. The lowest BCUT2D eigenvalue weighted by Gasteiger charge is -2.41. The third-order valence-electron chi connectivity index (χ3n) is 12.5. The molecule has 0 saturated carbocycles. The maximum Gasteiger partial charge on any atom is 0.306 e. The van der Waals surface area contributed by atoms with Crippen LogP contribution in [0.5, 0.6) is 0 Å². The summed E-state index contributed by atoms with van der Waals surface area (Å²) in [7, 11) is 0. The fraction of sp³-hybridized carbons (Fsp3) is 0.786. The average Bonchev–Trinajstić information content (AvgIpc) is 3.32. The topological polar surface area (TPSA) is 175 Å². The molecule has 0 spiro atoms. The minimum Gasteiger partial charge on any atom is -0.454 e. The van der Waals surface area contributed by atoms with Crippen molar-refractivity contribution in [1.82, 2.24) is 5.32 Å². The highest BCUT2D eigenvalue weighted by Gasteiger charge is 2.47. The van der Waals surface area contributed by atoms with Gasteiger partial charge in [-0.25, -0.2) is 0 Å². The Morgan fingerprint density at radius 3 is 1.61 bits per heavy atom. The highest BCUT2D eigenvalue weighted by Crippen LogP contribution is 2.26. The van der Waals surface area contributed by atoms with Crippen LogP contribution in [0, 0.1) is 0 Å². The van der Waals surface area contributed by atoms with Crippen molar-refractivity contribution in [3.05, 3.63) is 60.8 Å². The van der Waals surface area contributed by atoms with Crippen LogP contribution in [0.3, 0.4) is 0 Å². The van der Waals surface area contributed by atoms with Gasteiger partial charge in [0.15, 0.2) is 12.4 Å². The smallest absolute Gasteiger partial charge is 0.306 e. The maximum atomic E-state index is 13.3. The van der Waals surface area contributed by atoms with Gasteiger partial charge >= 0.3 is 5.97 Å². The van der Waals surface area contributed by atoms with Gasteiger partial charge in [-0.2, -0.15) is 0 Å². The van der Waals surface area contributed by atoms with E-state index in [1.54, 1.807) is 6.08 Å². The first-order valence-corrected chi connectivity index (χ1v) is 27.1. The van der Waals surface area contributed by atoms with Crippen molar-refractivity contribution in [2.24, 2.45) is 0 Å². The molecule has 0 bridgehead atoms. The molecule has 8 unspecified atom stereocenters. The van der Waals surface area contributed by atoms with Gasteiger partial charge in [-0.1, -0.05) is 229 Å². The lowest BCUT2D eigenvalue weighted by molar-refractivity contribution is -0.305. The van der Waals surface area contributed by atoms with Crippen LogP contribution in [-0.4, -0.2) is 99.6 Å². The zero-order valence-corrected chi connectivity index (χ0v) is 42.5. The number of esters is 1. The second kappa shape index (κ2) is 44.6. The van der Waals surface area contributed by atoms with E-state index in [9.17, 15) is 35.1 Å². The zero-order chi connectivity index (χ0) is 49.0. The van der Waals surface area contributed by atoms with Gasteiger partial charge in [-0.15, -0.1) is 0 Å². The Kier molecular flexibility index (Phi) is 41.5. The molecule has 1 heterocycles. The van der Waals surface area contributed by atoms with Crippen molar-refractivity contribution >= 4 is 11.9 Å². The second-order valence-electron chi connectivity index (χ2n) is 18.7. The van der Waals surface area contributed by atoms with Crippen molar-refractivity contribution in [3.8, 4) is 0 Å². The number of hydrogen-bond donors (Lipinski definition) is 6. The average molecular weight is 946 g/mol. The molecule has 0 aliphatic carbocycles.